The van der Waals surface area contributed by atoms with Crippen LogP contribution in [0.15, 0.2) is 21.9 Å². The maximum Gasteiger partial charge on any atom is 0.330 e. The van der Waals surface area contributed by atoms with Crippen molar-refractivity contribution >= 4 is 12.4 Å². The van der Waals surface area contributed by atoms with Crippen LogP contribution in [0.1, 0.15) is 0 Å². The Morgan fingerprint density at radius 3 is 2.27 bits per heavy atom. The molecule has 0 saturated carbocycles. The van der Waals surface area contributed by atoms with E-state index in [0.717, 1.165) is 4.57 Å². The first-order chi connectivity index (χ1) is 4.63. The molecule has 1 aromatic rings. The zero-order valence-electron chi connectivity index (χ0n) is 6.27. The molecule has 0 spiro atoms. The van der Waals surface area contributed by atoms with E-state index in [9.17, 15) is 9.59 Å². The van der Waals surface area contributed by atoms with E-state index in [0.29, 0.717) is 0 Å². The molecule has 0 amide bonds. The maximum atomic E-state index is 10.9. The van der Waals surface area contributed by atoms with Gasteiger partial charge in [-0.05, 0) is 0 Å². The zero-order chi connectivity index (χ0) is 7.72. The lowest BCUT2D eigenvalue weighted by molar-refractivity contribution is 0.686. The standard InChI is InChI=1S/C6H8N2O2.ClH/c1-7-4-3-5(9)8(2)6(7)10;/h3-4H,1-2H3;1H. The van der Waals surface area contributed by atoms with Gasteiger partial charge in [0.1, 0.15) is 0 Å². The van der Waals surface area contributed by atoms with Gasteiger partial charge in [-0.3, -0.25) is 9.36 Å². The second-order valence-electron chi connectivity index (χ2n) is 2.11. The third-order valence-corrected chi connectivity index (χ3v) is 1.36. The summed E-state index contributed by atoms with van der Waals surface area (Å²) >= 11 is 0. The molecule has 0 bridgehead atoms. The molecule has 0 radical (unpaired) electrons. The second kappa shape index (κ2) is 3.39. The highest BCUT2D eigenvalue weighted by Crippen LogP contribution is 1.66. The third-order valence-electron chi connectivity index (χ3n) is 1.36. The molecule has 0 saturated heterocycles. The summed E-state index contributed by atoms with van der Waals surface area (Å²) in [7, 11) is 3.05. The molecule has 0 fully saturated rings. The molecule has 1 aromatic heterocycles. The van der Waals surface area contributed by atoms with E-state index in [2.05, 4.69) is 0 Å². The van der Waals surface area contributed by atoms with E-state index in [-0.39, 0.29) is 23.7 Å². The van der Waals surface area contributed by atoms with Gasteiger partial charge < -0.3 is 4.57 Å². The van der Waals surface area contributed by atoms with Crippen LogP contribution >= 0.6 is 12.4 Å². The molecule has 62 valence electrons. The predicted molar refractivity (Wildman–Crippen MR) is 44.2 cm³/mol. The lowest BCUT2D eigenvalue weighted by atomic mass is 10.6. The van der Waals surface area contributed by atoms with Gasteiger partial charge in [0.25, 0.3) is 5.56 Å². The first-order valence-electron chi connectivity index (χ1n) is 2.85. The minimum Gasteiger partial charge on any atom is -0.303 e. The highest BCUT2D eigenvalue weighted by molar-refractivity contribution is 5.85. The normalized spacial score (nSPS) is 8.91. The van der Waals surface area contributed by atoms with Crippen molar-refractivity contribution in [3.63, 3.8) is 0 Å². The molecule has 0 atom stereocenters. The Balaban J connectivity index is 0.000001000. The summed E-state index contributed by atoms with van der Waals surface area (Å²) in [6.45, 7) is 0. The van der Waals surface area contributed by atoms with Gasteiger partial charge in [-0.1, -0.05) is 0 Å². The Hall–Kier alpha value is -1.03. The summed E-state index contributed by atoms with van der Waals surface area (Å²) in [5.41, 5.74) is -0.574. The number of aryl methyl sites for hydroxylation is 1. The maximum absolute atomic E-state index is 10.9. The van der Waals surface area contributed by atoms with Crippen molar-refractivity contribution < 1.29 is 0 Å². The van der Waals surface area contributed by atoms with Gasteiger partial charge in [0.15, 0.2) is 0 Å². The van der Waals surface area contributed by atoms with Crippen LogP contribution in [0, 0.1) is 0 Å². The summed E-state index contributed by atoms with van der Waals surface area (Å²) in [6.07, 6.45) is 1.45. The molecule has 0 aliphatic rings. The Kier molecular flexibility index (Phi) is 3.07. The second-order valence-corrected chi connectivity index (χ2v) is 2.11. The number of hydrogen-bond donors (Lipinski definition) is 0. The molecule has 1 rings (SSSR count). The number of rotatable bonds is 0. The van der Waals surface area contributed by atoms with Crippen LogP contribution in [0.4, 0.5) is 0 Å². The van der Waals surface area contributed by atoms with Crippen molar-refractivity contribution in [1.29, 1.82) is 0 Å². The van der Waals surface area contributed by atoms with Gasteiger partial charge in [-0.25, -0.2) is 4.79 Å². The van der Waals surface area contributed by atoms with Crippen LogP contribution in [-0.4, -0.2) is 9.13 Å². The lowest BCUT2D eigenvalue weighted by Crippen LogP contribution is -2.35. The highest BCUT2D eigenvalue weighted by atomic mass is 35.5. The van der Waals surface area contributed by atoms with Crippen molar-refractivity contribution in [2.75, 3.05) is 0 Å². The molecule has 0 unspecified atom stereocenters. The Labute approximate surface area is 69.5 Å². The number of halogens is 1. The first kappa shape index (κ1) is 9.97. The number of hydrogen-bond acceptors (Lipinski definition) is 2. The van der Waals surface area contributed by atoms with Gasteiger partial charge in [0, 0.05) is 26.4 Å². The van der Waals surface area contributed by atoms with Crippen molar-refractivity contribution in [3.8, 4) is 0 Å². The van der Waals surface area contributed by atoms with Crippen molar-refractivity contribution in [3.05, 3.63) is 33.1 Å². The Morgan fingerprint density at radius 2 is 1.82 bits per heavy atom. The fourth-order valence-electron chi connectivity index (χ4n) is 0.682. The van der Waals surface area contributed by atoms with Crippen LogP contribution in [0.5, 0.6) is 0 Å². The number of nitrogens with zero attached hydrogens (tertiary/aromatic N) is 2. The van der Waals surface area contributed by atoms with Crippen molar-refractivity contribution in [2.24, 2.45) is 14.1 Å². The Bertz CT molecular complexity index is 352. The number of aromatic nitrogens is 2. The van der Waals surface area contributed by atoms with Gasteiger partial charge >= 0.3 is 5.69 Å². The summed E-state index contributed by atoms with van der Waals surface area (Å²) < 4.78 is 2.40. The van der Waals surface area contributed by atoms with E-state index >= 15 is 0 Å². The fraction of sp³-hybridized carbons (Fsp3) is 0.333. The topological polar surface area (TPSA) is 44.0 Å². The monoisotopic (exact) mass is 176 g/mol. The zero-order valence-corrected chi connectivity index (χ0v) is 7.09. The van der Waals surface area contributed by atoms with E-state index < -0.39 is 0 Å². The molecule has 4 nitrogen and oxygen atoms in total. The molecule has 11 heavy (non-hydrogen) atoms. The average Bonchev–Trinajstić information content (AvgIpc) is 1.93. The third kappa shape index (κ3) is 1.71. The van der Waals surface area contributed by atoms with Crippen LogP contribution in [-0.2, 0) is 14.1 Å². The average molecular weight is 177 g/mol. The predicted octanol–water partition coefficient (Wildman–Crippen LogP) is -0.494. The van der Waals surface area contributed by atoms with Gasteiger partial charge in [0.2, 0.25) is 0 Å². The van der Waals surface area contributed by atoms with Gasteiger partial charge in [0.05, 0.1) is 0 Å². The van der Waals surface area contributed by atoms with Gasteiger partial charge in [-0.15, -0.1) is 12.4 Å². The largest absolute Gasteiger partial charge is 0.330 e. The van der Waals surface area contributed by atoms with E-state index in [1.165, 1.54) is 23.9 Å². The van der Waals surface area contributed by atoms with Crippen molar-refractivity contribution in [2.45, 2.75) is 0 Å². The van der Waals surface area contributed by atoms with E-state index in [1.807, 2.05) is 0 Å². The Morgan fingerprint density at radius 1 is 1.27 bits per heavy atom. The van der Waals surface area contributed by atoms with Crippen molar-refractivity contribution in [1.82, 2.24) is 9.13 Å². The molecular weight excluding hydrogens is 168 g/mol. The smallest absolute Gasteiger partial charge is 0.303 e. The summed E-state index contributed by atoms with van der Waals surface area (Å²) in [6, 6.07) is 1.35. The van der Waals surface area contributed by atoms with Crippen LogP contribution in [0.25, 0.3) is 0 Å². The molecule has 0 N–H and O–H groups in total. The molecule has 0 aliphatic heterocycles. The fourth-order valence-corrected chi connectivity index (χ4v) is 0.682. The highest BCUT2D eigenvalue weighted by Gasteiger charge is 1.93. The minimum absolute atomic E-state index is 0. The van der Waals surface area contributed by atoms with Gasteiger partial charge in [-0.2, -0.15) is 0 Å². The first-order valence-corrected chi connectivity index (χ1v) is 2.85. The quantitative estimate of drug-likeness (QED) is 0.535. The SMILES string of the molecule is Cl.Cn1ccc(=O)n(C)c1=O. The molecule has 0 aromatic carbocycles. The molecule has 1 heterocycles. The van der Waals surface area contributed by atoms with E-state index in [4.69, 9.17) is 0 Å². The lowest BCUT2D eigenvalue weighted by Gasteiger charge is -1.97. The molecular formula is C6H9ClN2O2. The van der Waals surface area contributed by atoms with E-state index in [1.54, 1.807) is 7.05 Å². The minimum atomic E-state index is -0.299. The molecule has 0 aliphatic carbocycles. The summed E-state index contributed by atoms with van der Waals surface area (Å²) in [5, 5.41) is 0. The molecule has 5 heteroatoms. The summed E-state index contributed by atoms with van der Waals surface area (Å²) in [4.78, 5) is 21.7. The van der Waals surface area contributed by atoms with Crippen LogP contribution < -0.4 is 11.2 Å². The van der Waals surface area contributed by atoms with Crippen LogP contribution in [0.2, 0.25) is 0 Å². The van der Waals surface area contributed by atoms with Crippen LogP contribution in [0.3, 0.4) is 0 Å². The summed E-state index contributed by atoms with van der Waals surface area (Å²) in [5.74, 6) is 0.